The summed E-state index contributed by atoms with van der Waals surface area (Å²) >= 11 is 0. The van der Waals surface area contributed by atoms with Crippen LogP contribution in [0.1, 0.15) is 5.69 Å². The summed E-state index contributed by atoms with van der Waals surface area (Å²) in [6.45, 7) is 1.62. The number of hydrogen-bond acceptors (Lipinski definition) is 2. The first kappa shape index (κ1) is 10.5. The lowest BCUT2D eigenvalue weighted by Gasteiger charge is -2.04. The fourth-order valence-corrected chi connectivity index (χ4v) is 1.45. The largest absolute Gasteiger partial charge is 0.345 e. The number of benzene rings is 1. The van der Waals surface area contributed by atoms with E-state index < -0.39 is 17.3 Å². The Hall–Kier alpha value is -2.04. The highest BCUT2D eigenvalue weighted by molar-refractivity contribution is 5.60. The Bertz CT molecular complexity index is 573. The summed E-state index contributed by atoms with van der Waals surface area (Å²) in [5, 5.41) is 0. The molecular weight excluding hydrogens is 214 g/mol. The number of aryl methyl sites for hydroxylation is 1. The van der Waals surface area contributed by atoms with Crippen molar-refractivity contribution in [1.29, 1.82) is 0 Å². The van der Waals surface area contributed by atoms with Gasteiger partial charge >= 0.3 is 5.69 Å². The third kappa shape index (κ3) is 1.84. The number of nitrogens with zero attached hydrogens (tertiary/aromatic N) is 1. The molecule has 0 atom stereocenters. The molecule has 0 aliphatic heterocycles. The van der Waals surface area contributed by atoms with Crippen LogP contribution in [0.5, 0.6) is 0 Å². The third-order valence-electron chi connectivity index (χ3n) is 2.10. The molecule has 0 saturated carbocycles. The predicted molar refractivity (Wildman–Crippen MR) is 54.9 cm³/mol. The van der Waals surface area contributed by atoms with E-state index in [0.717, 1.165) is 12.1 Å². The quantitative estimate of drug-likeness (QED) is 0.802. The molecule has 0 aliphatic carbocycles. The van der Waals surface area contributed by atoms with E-state index in [-0.39, 0.29) is 11.3 Å². The molecular formula is C11H8F2N2O. The molecule has 0 radical (unpaired) electrons. The maximum absolute atomic E-state index is 13.4. The lowest BCUT2D eigenvalue weighted by Crippen LogP contribution is -2.12. The molecule has 0 unspecified atom stereocenters. The average Bonchev–Trinajstić information content (AvgIpc) is 2.15. The number of hydrogen-bond donors (Lipinski definition) is 1. The molecule has 82 valence electrons. The first-order chi connectivity index (χ1) is 7.58. The maximum atomic E-state index is 13.4. The summed E-state index contributed by atoms with van der Waals surface area (Å²) in [6, 6.07) is 4.92. The summed E-state index contributed by atoms with van der Waals surface area (Å²) in [5.74, 6) is -1.48. The monoisotopic (exact) mass is 222 g/mol. The first-order valence-electron chi connectivity index (χ1n) is 4.60. The van der Waals surface area contributed by atoms with E-state index in [4.69, 9.17) is 0 Å². The van der Waals surface area contributed by atoms with Crippen molar-refractivity contribution in [2.45, 2.75) is 6.92 Å². The van der Waals surface area contributed by atoms with Crippen LogP contribution in [-0.4, -0.2) is 9.97 Å². The highest BCUT2D eigenvalue weighted by Gasteiger charge is 2.12. The Labute approximate surface area is 89.8 Å². The molecule has 1 aromatic heterocycles. The normalized spacial score (nSPS) is 10.4. The van der Waals surface area contributed by atoms with Crippen LogP contribution in [0, 0.1) is 18.6 Å². The van der Waals surface area contributed by atoms with Gasteiger partial charge in [-0.2, -0.15) is 4.98 Å². The number of halogens is 2. The zero-order valence-electron chi connectivity index (χ0n) is 8.42. The number of nitrogens with one attached hydrogen (secondary N) is 1. The molecule has 5 heteroatoms. The number of aromatic amines is 1. The Morgan fingerprint density at radius 1 is 1.25 bits per heavy atom. The highest BCUT2D eigenvalue weighted by Crippen LogP contribution is 2.23. The van der Waals surface area contributed by atoms with Crippen LogP contribution in [0.3, 0.4) is 0 Å². The van der Waals surface area contributed by atoms with E-state index in [1.54, 1.807) is 6.92 Å². The molecule has 2 rings (SSSR count). The van der Waals surface area contributed by atoms with Crippen molar-refractivity contribution in [2.75, 3.05) is 0 Å². The highest BCUT2D eigenvalue weighted by atomic mass is 19.1. The summed E-state index contributed by atoms with van der Waals surface area (Å²) in [6.07, 6.45) is 0. The van der Waals surface area contributed by atoms with Crippen molar-refractivity contribution < 1.29 is 8.78 Å². The summed E-state index contributed by atoms with van der Waals surface area (Å²) in [7, 11) is 0. The Balaban J connectivity index is 2.72. The van der Waals surface area contributed by atoms with E-state index >= 15 is 0 Å². The molecule has 0 spiro atoms. The lowest BCUT2D eigenvalue weighted by atomic mass is 10.1. The topological polar surface area (TPSA) is 45.8 Å². The van der Waals surface area contributed by atoms with Gasteiger partial charge in [-0.25, -0.2) is 13.6 Å². The Morgan fingerprint density at radius 3 is 2.44 bits per heavy atom. The van der Waals surface area contributed by atoms with Crippen LogP contribution in [0.2, 0.25) is 0 Å². The van der Waals surface area contributed by atoms with E-state index in [9.17, 15) is 13.6 Å². The van der Waals surface area contributed by atoms with Gasteiger partial charge in [-0.15, -0.1) is 0 Å². The fraction of sp³-hybridized carbons (Fsp3) is 0.0909. The van der Waals surface area contributed by atoms with Crippen LogP contribution in [0.25, 0.3) is 11.3 Å². The van der Waals surface area contributed by atoms with Gasteiger partial charge in [0.2, 0.25) is 0 Å². The van der Waals surface area contributed by atoms with Gasteiger partial charge in [0.25, 0.3) is 0 Å². The molecule has 2 aromatic rings. The van der Waals surface area contributed by atoms with Gasteiger partial charge in [-0.1, -0.05) is 6.07 Å². The van der Waals surface area contributed by atoms with Crippen molar-refractivity contribution >= 4 is 0 Å². The first-order valence-corrected chi connectivity index (χ1v) is 4.60. The second-order valence-corrected chi connectivity index (χ2v) is 3.35. The van der Waals surface area contributed by atoms with Gasteiger partial charge in [-0.3, -0.25) is 0 Å². The van der Waals surface area contributed by atoms with Gasteiger partial charge in [0.05, 0.1) is 11.3 Å². The molecule has 0 amide bonds. The molecule has 16 heavy (non-hydrogen) atoms. The number of rotatable bonds is 1. The zero-order valence-corrected chi connectivity index (χ0v) is 8.42. The van der Waals surface area contributed by atoms with Crippen molar-refractivity contribution in [3.63, 3.8) is 0 Å². The molecule has 3 nitrogen and oxygen atoms in total. The van der Waals surface area contributed by atoms with Gasteiger partial charge in [-0.05, 0) is 25.1 Å². The van der Waals surface area contributed by atoms with Crippen LogP contribution >= 0.6 is 0 Å². The van der Waals surface area contributed by atoms with E-state index in [1.807, 2.05) is 0 Å². The van der Waals surface area contributed by atoms with Crippen molar-refractivity contribution in [1.82, 2.24) is 9.97 Å². The van der Waals surface area contributed by atoms with Gasteiger partial charge in [0.15, 0.2) is 0 Å². The predicted octanol–water partition coefficient (Wildman–Crippen LogP) is 2.02. The van der Waals surface area contributed by atoms with Crippen molar-refractivity contribution in [2.24, 2.45) is 0 Å². The van der Waals surface area contributed by atoms with Crippen LogP contribution in [-0.2, 0) is 0 Å². The zero-order chi connectivity index (χ0) is 11.7. The summed E-state index contributed by atoms with van der Waals surface area (Å²) < 4.78 is 26.8. The second-order valence-electron chi connectivity index (χ2n) is 3.35. The SMILES string of the molecule is Cc1cc(-c2c(F)cccc2F)nc(=O)[nH]1. The molecule has 1 N–H and O–H groups in total. The van der Waals surface area contributed by atoms with Gasteiger partial charge in [0.1, 0.15) is 11.6 Å². The van der Waals surface area contributed by atoms with Crippen LogP contribution in [0.15, 0.2) is 29.1 Å². The maximum Gasteiger partial charge on any atom is 0.345 e. The molecule has 1 heterocycles. The smallest absolute Gasteiger partial charge is 0.310 e. The van der Waals surface area contributed by atoms with Gasteiger partial charge < -0.3 is 4.98 Å². The molecule has 0 aliphatic rings. The Morgan fingerprint density at radius 2 is 1.88 bits per heavy atom. The lowest BCUT2D eigenvalue weighted by molar-refractivity contribution is 0.588. The van der Waals surface area contributed by atoms with E-state index in [1.165, 1.54) is 12.1 Å². The summed E-state index contributed by atoms with van der Waals surface area (Å²) in [4.78, 5) is 17.0. The van der Waals surface area contributed by atoms with Gasteiger partial charge in [0, 0.05) is 5.69 Å². The number of aromatic nitrogens is 2. The third-order valence-corrected chi connectivity index (χ3v) is 2.10. The van der Waals surface area contributed by atoms with Crippen molar-refractivity contribution in [3.05, 3.63) is 52.1 Å². The standard InChI is InChI=1S/C11H8F2N2O/c1-6-5-9(15-11(16)14-6)10-7(12)3-2-4-8(10)13/h2-5H,1H3,(H,14,15,16). The fourth-order valence-electron chi connectivity index (χ4n) is 1.45. The van der Waals surface area contributed by atoms with Crippen LogP contribution < -0.4 is 5.69 Å². The minimum atomic E-state index is -0.738. The minimum Gasteiger partial charge on any atom is -0.310 e. The molecule has 0 fully saturated rings. The minimum absolute atomic E-state index is 0.00292. The molecule has 0 bridgehead atoms. The van der Waals surface area contributed by atoms with Crippen molar-refractivity contribution in [3.8, 4) is 11.3 Å². The van der Waals surface area contributed by atoms with E-state index in [2.05, 4.69) is 9.97 Å². The summed E-state index contributed by atoms with van der Waals surface area (Å²) in [5.41, 5.74) is -0.413. The molecule has 0 saturated heterocycles. The average molecular weight is 222 g/mol. The Kier molecular flexibility index (Phi) is 2.52. The van der Waals surface area contributed by atoms with Crippen LogP contribution in [0.4, 0.5) is 8.78 Å². The number of H-pyrrole nitrogens is 1. The second kappa shape index (κ2) is 3.84. The van der Waals surface area contributed by atoms with E-state index in [0.29, 0.717) is 5.69 Å². The molecule has 1 aromatic carbocycles.